The van der Waals surface area contributed by atoms with Gasteiger partial charge >= 0.3 is 0 Å². The Hall–Kier alpha value is -2.30. The second-order valence-corrected chi connectivity index (χ2v) is 5.21. The lowest BCUT2D eigenvalue weighted by molar-refractivity contribution is -0.119. The molecule has 0 aliphatic carbocycles. The molecule has 2 N–H and O–H groups in total. The number of amides is 2. The summed E-state index contributed by atoms with van der Waals surface area (Å²) in [6.45, 7) is 2.76. The zero-order chi connectivity index (χ0) is 14.1. The molecule has 2 amide bonds. The number of nitrogens with one attached hydrogen (secondary N) is 2. The minimum absolute atomic E-state index is 0.00551. The van der Waals surface area contributed by atoms with E-state index in [1.54, 1.807) is 4.90 Å². The van der Waals surface area contributed by atoms with Gasteiger partial charge in [-0.2, -0.15) is 0 Å². The van der Waals surface area contributed by atoms with Gasteiger partial charge in [0.25, 0.3) is 5.91 Å². The zero-order valence-electron chi connectivity index (χ0n) is 11.3. The highest BCUT2D eigenvalue weighted by Gasteiger charge is 2.28. The van der Waals surface area contributed by atoms with Crippen molar-refractivity contribution in [2.45, 2.75) is 19.4 Å². The molecule has 104 valence electrons. The molecule has 1 aromatic heterocycles. The van der Waals surface area contributed by atoms with Crippen molar-refractivity contribution in [1.29, 1.82) is 0 Å². The van der Waals surface area contributed by atoms with Crippen LogP contribution in [0.3, 0.4) is 0 Å². The molecule has 1 aliphatic heterocycles. The highest BCUT2D eigenvalue weighted by Crippen LogP contribution is 2.18. The number of H-pyrrole nitrogens is 1. The lowest BCUT2D eigenvalue weighted by Crippen LogP contribution is -2.37. The third-order valence-corrected chi connectivity index (χ3v) is 3.64. The third-order valence-electron chi connectivity index (χ3n) is 3.64. The lowest BCUT2D eigenvalue weighted by atomic mass is 10.2. The van der Waals surface area contributed by atoms with Crippen LogP contribution in [0.4, 0.5) is 0 Å². The Morgan fingerprint density at radius 1 is 1.35 bits per heavy atom. The van der Waals surface area contributed by atoms with E-state index < -0.39 is 0 Å². The summed E-state index contributed by atoms with van der Waals surface area (Å²) in [5, 5.41) is 3.90. The minimum Gasteiger partial charge on any atom is -0.352 e. The van der Waals surface area contributed by atoms with E-state index in [9.17, 15) is 9.59 Å². The summed E-state index contributed by atoms with van der Waals surface area (Å²) < 4.78 is 0. The fourth-order valence-electron chi connectivity index (χ4n) is 2.71. The molecule has 2 aromatic rings. The number of aromatic amines is 1. The van der Waals surface area contributed by atoms with Crippen molar-refractivity contribution < 1.29 is 9.59 Å². The topological polar surface area (TPSA) is 65.2 Å². The Bertz CT molecular complexity index is 629. The Kier molecular flexibility index (Phi) is 3.18. The number of aromatic nitrogens is 1. The molecule has 2 heterocycles. The second-order valence-electron chi connectivity index (χ2n) is 5.21. The van der Waals surface area contributed by atoms with Crippen molar-refractivity contribution in [3.8, 4) is 0 Å². The van der Waals surface area contributed by atoms with Gasteiger partial charge in [-0.05, 0) is 18.6 Å². The van der Waals surface area contributed by atoms with Gasteiger partial charge in [0.05, 0.1) is 0 Å². The normalized spacial score (nSPS) is 18.4. The SMILES string of the molecule is CC(=O)NC1CCN(C(=O)c2cc3ccccc3[nH]2)C1. The number of benzene rings is 1. The van der Waals surface area contributed by atoms with Gasteiger partial charge in [0.15, 0.2) is 0 Å². The molecule has 0 saturated carbocycles. The summed E-state index contributed by atoms with van der Waals surface area (Å²) in [5.74, 6) is -0.0519. The Morgan fingerprint density at radius 3 is 2.90 bits per heavy atom. The molecule has 20 heavy (non-hydrogen) atoms. The van der Waals surface area contributed by atoms with Gasteiger partial charge in [-0.3, -0.25) is 9.59 Å². The van der Waals surface area contributed by atoms with E-state index in [4.69, 9.17) is 0 Å². The Balaban J connectivity index is 1.74. The minimum atomic E-state index is -0.0464. The molecule has 3 rings (SSSR count). The van der Waals surface area contributed by atoms with Crippen LogP contribution >= 0.6 is 0 Å². The summed E-state index contributed by atoms with van der Waals surface area (Å²) in [5.41, 5.74) is 1.57. The number of rotatable bonds is 2. The largest absolute Gasteiger partial charge is 0.352 e. The average Bonchev–Trinajstić information content (AvgIpc) is 3.03. The fraction of sp³-hybridized carbons (Fsp3) is 0.333. The first-order valence-corrected chi connectivity index (χ1v) is 6.77. The van der Waals surface area contributed by atoms with Gasteiger partial charge in [0, 0.05) is 37.0 Å². The van der Waals surface area contributed by atoms with Crippen LogP contribution in [0, 0.1) is 0 Å². The maximum atomic E-state index is 12.4. The molecule has 1 saturated heterocycles. The van der Waals surface area contributed by atoms with Crippen LogP contribution in [0.1, 0.15) is 23.8 Å². The quantitative estimate of drug-likeness (QED) is 0.869. The Labute approximate surface area is 117 Å². The molecule has 0 bridgehead atoms. The van der Waals surface area contributed by atoms with Crippen molar-refractivity contribution in [3.05, 3.63) is 36.0 Å². The summed E-state index contributed by atoms with van der Waals surface area (Å²) in [7, 11) is 0. The predicted molar refractivity (Wildman–Crippen MR) is 76.4 cm³/mol. The number of nitrogens with zero attached hydrogens (tertiary/aromatic N) is 1. The van der Waals surface area contributed by atoms with Gasteiger partial charge < -0.3 is 15.2 Å². The van der Waals surface area contributed by atoms with Crippen molar-refractivity contribution >= 4 is 22.7 Å². The maximum Gasteiger partial charge on any atom is 0.270 e. The number of hydrogen-bond donors (Lipinski definition) is 2. The molecule has 1 aliphatic rings. The highest BCUT2D eigenvalue weighted by atomic mass is 16.2. The summed E-state index contributed by atoms with van der Waals surface area (Å²) in [6, 6.07) is 9.77. The fourth-order valence-corrected chi connectivity index (χ4v) is 2.71. The van der Waals surface area contributed by atoms with Crippen LogP contribution in [0.15, 0.2) is 30.3 Å². The monoisotopic (exact) mass is 271 g/mol. The van der Waals surface area contributed by atoms with E-state index in [-0.39, 0.29) is 17.9 Å². The van der Waals surface area contributed by atoms with Crippen molar-refractivity contribution in [2.75, 3.05) is 13.1 Å². The van der Waals surface area contributed by atoms with Crippen LogP contribution < -0.4 is 5.32 Å². The lowest BCUT2D eigenvalue weighted by Gasteiger charge is -2.15. The molecule has 1 fully saturated rings. The number of hydrogen-bond acceptors (Lipinski definition) is 2. The molecule has 5 heteroatoms. The van der Waals surface area contributed by atoms with Gasteiger partial charge in [0.1, 0.15) is 5.69 Å². The van der Waals surface area contributed by atoms with Gasteiger partial charge in [-0.1, -0.05) is 18.2 Å². The molecule has 1 aromatic carbocycles. The van der Waals surface area contributed by atoms with Crippen LogP contribution in [-0.4, -0.2) is 40.8 Å². The van der Waals surface area contributed by atoms with Gasteiger partial charge in [-0.15, -0.1) is 0 Å². The van der Waals surface area contributed by atoms with Crippen molar-refractivity contribution in [3.63, 3.8) is 0 Å². The second kappa shape index (κ2) is 5.00. The van der Waals surface area contributed by atoms with E-state index >= 15 is 0 Å². The van der Waals surface area contributed by atoms with Gasteiger partial charge in [0.2, 0.25) is 5.91 Å². The van der Waals surface area contributed by atoms with Crippen LogP contribution in [0.25, 0.3) is 10.9 Å². The Morgan fingerprint density at radius 2 is 2.15 bits per heavy atom. The zero-order valence-corrected chi connectivity index (χ0v) is 11.3. The number of carbonyl (C=O) groups excluding carboxylic acids is 2. The molecular weight excluding hydrogens is 254 g/mol. The highest BCUT2D eigenvalue weighted by molar-refractivity contribution is 5.98. The van der Waals surface area contributed by atoms with E-state index in [0.29, 0.717) is 18.8 Å². The predicted octanol–water partition coefficient (Wildman–Crippen LogP) is 1.52. The summed E-state index contributed by atoms with van der Waals surface area (Å²) in [4.78, 5) is 28.4. The van der Waals surface area contributed by atoms with Crippen LogP contribution in [-0.2, 0) is 4.79 Å². The molecule has 0 radical (unpaired) electrons. The molecule has 0 spiro atoms. The first-order chi connectivity index (χ1) is 9.63. The van der Waals surface area contributed by atoms with Crippen molar-refractivity contribution in [1.82, 2.24) is 15.2 Å². The van der Waals surface area contributed by atoms with Gasteiger partial charge in [-0.25, -0.2) is 0 Å². The number of likely N-dealkylation sites (tertiary alicyclic amines) is 1. The van der Waals surface area contributed by atoms with E-state index in [1.807, 2.05) is 30.3 Å². The molecular formula is C15H17N3O2. The first kappa shape index (κ1) is 12.7. The van der Waals surface area contributed by atoms with E-state index in [0.717, 1.165) is 17.3 Å². The first-order valence-electron chi connectivity index (χ1n) is 6.77. The maximum absolute atomic E-state index is 12.4. The third kappa shape index (κ3) is 2.39. The molecule has 5 nitrogen and oxygen atoms in total. The van der Waals surface area contributed by atoms with Crippen LogP contribution in [0.5, 0.6) is 0 Å². The number of para-hydroxylation sites is 1. The smallest absolute Gasteiger partial charge is 0.270 e. The summed E-state index contributed by atoms with van der Waals surface area (Å²) in [6.07, 6.45) is 0.811. The average molecular weight is 271 g/mol. The number of fused-ring (bicyclic) bond motifs is 1. The van der Waals surface area contributed by atoms with Crippen molar-refractivity contribution in [2.24, 2.45) is 0 Å². The van der Waals surface area contributed by atoms with E-state index in [2.05, 4.69) is 10.3 Å². The molecule has 1 unspecified atom stereocenters. The molecule has 1 atom stereocenters. The summed E-state index contributed by atoms with van der Waals surface area (Å²) >= 11 is 0. The van der Waals surface area contributed by atoms with E-state index in [1.165, 1.54) is 6.92 Å². The standard InChI is InChI=1S/C15H17N3O2/c1-10(19)16-12-6-7-18(9-12)15(20)14-8-11-4-2-3-5-13(11)17-14/h2-5,8,12,17H,6-7,9H2,1H3,(H,16,19). The van der Waals surface area contributed by atoms with Crippen LogP contribution in [0.2, 0.25) is 0 Å². The number of carbonyl (C=O) groups is 2.